The summed E-state index contributed by atoms with van der Waals surface area (Å²) < 4.78 is 7.25. The number of rotatable bonds is 6. The molecule has 0 saturated heterocycles. The van der Waals surface area contributed by atoms with E-state index in [4.69, 9.17) is 9.72 Å². The van der Waals surface area contributed by atoms with E-state index >= 15 is 0 Å². The summed E-state index contributed by atoms with van der Waals surface area (Å²) in [7, 11) is 0. The molecular weight excluding hydrogens is 396 g/mol. The van der Waals surface area contributed by atoms with E-state index < -0.39 is 0 Å². The topological polar surface area (TPSA) is 69.0 Å². The van der Waals surface area contributed by atoms with Crippen molar-refractivity contribution in [3.63, 3.8) is 0 Å². The first-order valence-corrected chi connectivity index (χ1v) is 10.6. The Balaban J connectivity index is 1.62. The molecule has 6 nitrogen and oxygen atoms in total. The van der Waals surface area contributed by atoms with E-state index in [1.165, 1.54) is 16.9 Å². The molecule has 0 radical (unpaired) electrons. The van der Waals surface area contributed by atoms with Crippen LogP contribution in [0.5, 0.6) is 5.75 Å². The summed E-state index contributed by atoms with van der Waals surface area (Å²) in [5.74, 6) is 0.861. The van der Waals surface area contributed by atoms with Gasteiger partial charge in [0.2, 0.25) is 5.13 Å². The van der Waals surface area contributed by atoms with Crippen molar-refractivity contribution < 1.29 is 9.53 Å². The summed E-state index contributed by atoms with van der Waals surface area (Å²) in [5, 5.41) is 10.2. The second-order valence-electron chi connectivity index (χ2n) is 6.85. The summed E-state index contributed by atoms with van der Waals surface area (Å²) in [4.78, 5) is 17.6. The van der Waals surface area contributed by atoms with Gasteiger partial charge < -0.3 is 10.1 Å². The Hall–Kier alpha value is -3.45. The maximum atomic E-state index is 12.9. The van der Waals surface area contributed by atoms with Crippen molar-refractivity contribution in [1.29, 1.82) is 0 Å². The van der Waals surface area contributed by atoms with Gasteiger partial charge in [0.1, 0.15) is 11.6 Å². The van der Waals surface area contributed by atoms with Crippen LogP contribution in [0.2, 0.25) is 0 Å². The highest BCUT2D eigenvalue weighted by atomic mass is 32.1. The molecule has 4 rings (SSSR count). The SMILES string of the molecule is CCOc1ccccc1C(=O)Nc1cc(C)nn1-c1nc(-c2ccc(C)cc2)cs1. The number of nitrogens with one attached hydrogen (secondary N) is 1. The summed E-state index contributed by atoms with van der Waals surface area (Å²) in [6.07, 6.45) is 0. The van der Waals surface area contributed by atoms with Gasteiger partial charge in [0.25, 0.3) is 5.91 Å². The lowest BCUT2D eigenvalue weighted by atomic mass is 10.1. The highest BCUT2D eigenvalue weighted by Crippen LogP contribution is 2.27. The summed E-state index contributed by atoms with van der Waals surface area (Å²) in [5.41, 5.74) is 4.39. The molecule has 1 amide bonds. The van der Waals surface area contributed by atoms with E-state index in [0.29, 0.717) is 28.9 Å². The highest BCUT2D eigenvalue weighted by molar-refractivity contribution is 7.12. The third-order valence-corrected chi connectivity index (χ3v) is 5.34. The molecule has 2 aromatic carbocycles. The fourth-order valence-corrected chi connectivity index (χ4v) is 3.87. The molecule has 7 heteroatoms. The molecule has 1 N–H and O–H groups in total. The van der Waals surface area contributed by atoms with Crippen LogP contribution < -0.4 is 10.1 Å². The van der Waals surface area contributed by atoms with Crippen molar-refractivity contribution in [3.8, 4) is 22.1 Å². The van der Waals surface area contributed by atoms with Gasteiger partial charge in [0.15, 0.2) is 0 Å². The minimum Gasteiger partial charge on any atom is -0.493 e. The van der Waals surface area contributed by atoms with Gasteiger partial charge in [-0.25, -0.2) is 4.98 Å². The number of nitrogens with zero attached hydrogens (tertiary/aromatic N) is 3. The zero-order valence-corrected chi connectivity index (χ0v) is 17.9. The van der Waals surface area contributed by atoms with Crippen LogP contribution in [-0.2, 0) is 0 Å². The number of hydrogen-bond acceptors (Lipinski definition) is 5. The Bertz CT molecular complexity index is 1180. The molecular formula is C23H22N4O2S. The quantitative estimate of drug-likeness (QED) is 0.463. The zero-order valence-electron chi connectivity index (χ0n) is 17.0. The van der Waals surface area contributed by atoms with Gasteiger partial charge in [-0.1, -0.05) is 42.0 Å². The van der Waals surface area contributed by atoms with Crippen molar-refractivity contribution >= 4 is 23.1 Å². The summed E-state index contributed by atoms with van der Waals surface area (Å²) in [6.45, 7) is 6.32. The predicted molar refractivity (Wildman–Crippen MR) is 120 cm³/mol. The number of hydrogen-bond donors (Lipinski definition) is 1. The molecule has 4 aromatic rings. The second kappa shape index (κ2) is 8.51. The van der Waals surface area contributed by atoms with Crippen molar-refractivity contribution in [2.45, 2.75) is 20.8 Å². The molecule has 2 heterocycles. The molecule has 0 spiro atoms. The Morgan fingerprint density at radius 2 is 1.90 bits per heavy atom. The molecule has 0 fully saturated rings. The second-order valence-corrected chi connectivity index (χ2v) is 7.68. The smallest absolute Gasteiger partial charge is 0.260 e. The number of carbonyl (C=O) groups excluding carboxylic acids is 1. The minimum absolute atomic E-state index is 0.254. The normalized spacial score (nSPS) is 10.8. The van der Waals surface area contributed by atoms with Crippen LogP contribution in [0.15, 0.2) is 60.0 Å². The van der Waals surface area contributed by atoms with E-state index in [2.05, 4.69) is 41.6 Å². The lowest BCUT2D eigenvalue weighted by molar-refractivity contribution is 0.102. The number of aromatic nitrogens is 3. The van der Waals surface area contributed by atoms with Crippen molar-refractivity contribution in [3.05, 3.63) is 76.8 Å². The van der Waals surface area contributed by atoms with Gasteiger partial charge in [-0.05, 0) is 32.9 Å². The average Bonchev–Trinajstić information content (AvgIpc) is 3.36. The standard InChI is InChI=1S/C23H22N4O2S/c1-4-29-20-8-6-5-7-18(20)22(28)25-21-13-16(3)26-27(21)23-24-19(14-30-23)17-11-9-15(2)10-12-17/h5-14H,4H2,1-3H3,(H,25,28). The zero-order chi connectivity index (χ0) is 21.1. The fourth-order valence-electron chi connectivity index (χ4n) is 3.07. The third-order valence-electron chi connectivity index (χ3n) is 4.53. The molecule has 0 aliphatic rings. The molecule has 0 saturated carbocycles. The number of benzene rings is 2. The van der Waals surface area contributed by atoms with Crippen LogP contribution in [0.4, 0.5) is 5.82 Å². The number of carbonyl (C=O) groups is 1. The van der Waals surface area contributed by atoms with E-state index in [9.17, 15) is 4.79 Å². The Morgan fingerprint density at radius 3 is 2.67 bits per heavy atom. The van der Waals surface area contributed by atoms with E-state index in [1.54, 1.807) is 16.8 Å². The van der Waals surface area contributed by atoms with Gasteiger partial charge in [0, 0.05) is 17.0 Å². The lowest BCUT2D eigenvalue weighted by Crippen LogP contribution is -2.16. The monoisotopic (exact) mass is 418 g/mol. The Labute approximate surface area is 179 Å². The molecule has 152 valence electrons. The molecule has 0 bridgehead atoms. The maximum Gasteiger partial charge on any atom is 0.260 e. The number of amides is 1. The van der Waals surface area contributed by atoms with Gasteiger partial charge in [-0.3, -0.25) is 4.79 Å². The predicted octanol–water partition coefficient (Wildman–Crippen LogP) is 5.26. The van der Waals surface area contributed by atoms with Crippen LogP contribution in [0.3, 0.4) is 0 Å². The van der Waals surface area contributed by atoms with Crippen molar-refractivity contribution in [1.82, 2.24) is 14.8 Å². The molecule has 2 aromatic heterocycles. The summed E-state index contributed by atoms with van der Waals surface area (Å²) in [6, 6.07) is 17.2. The Morgan fingerprint density at radius 1 is 1.13 bits per heavy atom. The van der Waals surface area contributed by atoms with Gasteiger partial charge in [-0.2, -0.15) is 9.78 Å². The summed E-state index contributed by atoms with van der Waals surface area (Å²) >= 11 is 1.48. The number of aryl methyl sites for hydroxylation is 2. The largest absolute Gasteiger partial charge is 0.493 e. The van der Waals surface area contributed by atoms with Crippen LogP contribution in [0, 0.1) is 13.8 Å². The van der Waals surface area contributed by atoms with E-state index in [-0.39, 0.29) is 5.91 Å². The van der Waals surface area contributed by atoms with Crippen molar-refractivity contribution in [2.75, 3.05) is 11.9 Å². The third kappa shape index (κ3) is 4.11. The first-order chi connectivity index (χ1) is 14.5. The first-order valence-electron chi connectivity index (χ1n) is 9.68. The van der Waals surface area contributed by atoms with Gasteiger partial charge in [0.05, 0.1) is 23.6 Å². The van der Waals surface area contributed by atoms with E-state index in [0.717, 1.165) is 17.0 Å². The average molecular weight is 419 g/mol. The minimum atomic E-state index is -0.254. The van der Waals surface area contributed by atoms with E-state index in [1.807, 2.05) is 37.4 Å². The molecule has 0 aliphatic carbocycles. The number of para-hydroxylation sites is 1. The maximum absolute atomic E-state index is 12.9. The molecule has 0 atom stereocenters. The number of thiazole rings is 1. The number of ether oxygens (including phenoxy) is 1. The molecule has 0 aliphatic heterocycles. The van der Waals surface area contributed by atoms with Crippen LogP contribution in [0.1, 0.15) is 28.5 Å². The van der Waals surface area contributed by atoms with Crippen LogP contribution >= 0.6 is 11.3 Å². The van der Waals surface area contributed by atoms with Crippen LogP contribution in [0.25, 0.3) is 16.4 Å². The van der Waals surface area contributed by atoms with Gasteiger partial charge >= 0.3 is 0 Å². The number of anilines is 1. The highest BCUT2D eigenvalue weighted by Gasteiger charge is 2.17. The molecule has 0 unspecified atom stereocenters. The Kier molecular flexibility index (Phi) is 5.63. The van der Waals surface area contributed by atoms with Gasteiger partial charge in [-0.15, -0.1) is 11.3 Å². The first kappa shape index (κ1) is 19.8. The van der Waals surface area contributed by atoms with Crippen LogP contribution in [-0.4, -0.2) is 27.3 Å². The lowest BCUT2D eigenvalue weighted by Gasteiger charge is -2.10. The molecule has 30 heavy (non-hydrogen) atoms. The fraction of sp³-hybridized carbons (Fsp3) is 0.174. The van der Waals surface area contributed by atoms with Crippen molar-refractivity contribution in [2.24, 2.45) is 0 Å².